The number of piperidine rings is 1. The first kappa shape index (κ1) is 27.0. The van der Waals surface area contributed by atoms with Crippen molar-refractivity contribution in [1.29, 1.82) is 0 Å². The predicted octanol–water partition coefficient (Wildman–Crippen LogP) is 3.47. The summed E-state index contributed by atoms with van der Waals surface area (Å²) in [5.74, 6) is 1.64. The fraction of sp³-hybridized carbons (Fsp3) is 0.588. The van der Waals surface area contributed by atoms with Crippen LogP contribution in [0.1, 0.15) is 39.0 Å². The molecule has 0 saturated carbocycles. The van der Waals surface area contributed by atoms with Crippen molar-refractivity contribution >= 4 is 70.5 Å². The Labute approximate surface area is 214 Å². The van der Waals surface area contributed by atoms with Crippen LogP contribution in [0.15, 0.2) is 36.1 Å². The van der Waals surface area contributed by atoms with Gasteiger partial charge in [-0.3, -0.25) is 10.6 Å². The van der Waals surface area contributed by atoms with E-state index in [4.69, 9.17) is 4.74 Å². The molecule has 0 aromatic carbocycles. The maximum absolute atomic E-state index is 10.2. The van der Waals surface area contributed by atoms with Gasteiger partial charge >= 0.3 is 0 Å². The fourth-order valence-electron chi connectivity index (χ4n) is 2.35. The first-order valence-corrected chi connectivity index (χ1v) is 7.99. The zero-order valence-electron chi connectivity index (χ0n) is 14.5. The molecule has 23 heavy (non-hydrogen) atoms. The topological polar surface area (TPSA) is 29.5 Å². The predicted molar refractivity (Wildman–Crippen MR) is 96.6 cm³/mol. The third-order valence-corrected chi connectivity index (χ3v) is 4.08. The molecule has 0 atom stereocenters. The normalized spacial score (nSPS) is 16.5. The van der Waals surface area contributed by atoms with Gasteiger partial charge < -0.3 is 9.53 Å². The summed E-state index contributed by atoms with van der Waals surface area (Å²) in [6.45, 7) is 8.63. The molecular weight excluding hydrogens is 410 g/mol. The van der Waals surface area contributed by atoms with E-state index < -0.39 is 0 Å². The van der Waals surface area contributed by atoms with Crippen LogP contribution in [0.4, 0.5) is 0 Å². The minimum absolute atomic E-state index is 0. The number of allylic oxidation sites excluding steroid dienone is 4. The maximum Gasteiger partial charge on any atom is 0.115 e. The number of hydrogen-bond donors (Lipinski definition) is 1. The summed E-state index contributed by atoms with van der Waals surface area (Å²) in [4.78, 5) is 10.2. The first-order valence-electron chi connectivity index (χ1n) is 7.59. The van der Waals surface area contributed by atoms with Gasteiger partial charge in [-0.2, -0.15) is 0 Å². The molecule has 2 radical (unpaired) electrons. The summed E-state index contributed by atoms with van der Waals surface area (Å²) in [7, 11) is 0. The van der Waals surface area contributed by atoms with Crippen molar-refractivity contribution in [3.8, 4) is 0 Å². The van der Waals surface area contributed by atoms with E-state index in [-0.39, 0.29) is 90.5 Å². The Morgan fingerprint density at radius 1 is 1.39 bits per heavy atom. The third kappa shape index (κ3) is 13.6. The number of thiol groups is 1. The van der Waals surface area contributed by atoms with Crippen molar-refractivity contribution in [2.24, 2.45) is 5.92 Å². The summed E-state index contributed by atoms with van der Waals surface area (Å²) < 4.78 is 7.84. The van der Waals surface area contributed by atoms with Crippen LogP contribution < -0.4 is 0 Å². The van der Waals surface area contributed by atoms with Crippen LogP contribution in [0.5, 0.6) is 0 Å². The Morgan fingerprint density at radius 3 is 2.61 bits per heavy atom. The molecule has 1 aliphatic heterocycles. The summed E-state index contributed by atoms with van der Waals surface area (Å²) >= 11 is 4.37. The van der Waals surface area contributed by atoms with Crippen molar-refractivity contribution in [3.05, 3.63) is 36.1 Å². The Morgan fingerprint density at radius 2 is 2.04 bits per heavy atom. The molecule has 0 N–H and O–H groups in total. The Kier molecular flexibility index (Phi) is 20.1. The van der Waals surface area contributed by atoms with Crippen LogP contribution in [-0.2, 0) is 42.2 Å². The van der Waals surface area contributed by atoms with E-state index in [1.54, 1.807) is 0 Å². The molecule has 1 fully saturated rings. The number of ether oxygens (including phenoxy) is 1. The van der Waals surface area contributed by atoms with Crippen molar-refractivity contribution in [2.75, 3.05) is 19.7 Å². The van der Waals surface area contributed by atoms with E-state index >= 15 is 0 Å². The summed E-state index contributed by atoms with van der Waals surface area (Å²) in [5, 5.41) is 0. The van der Waals surface area contributed by atoms with Gasteiger partial charge in [0.2, 0.25) is 0 Å². The van der Waals surface area contributed by atoms with Gasteiger partial charge in [-0.15, -0.1) is 6.42 Å². The molecule has 122 valence electrons. The molecule has 3 nitrogen and oxygen atoms in total. The number of hydrogen-bond acceptors (Lipinski definition) is 4. The number of nitrogens with zero attached hydrogens (tertiary/aromatic N) is 1. The van der Waals surface area contributed by atoms with Crippen molar-refractivity contribution in [1.82, 2.24) is 4.31 Å². The molecule has 0 aliphatic carbocycles. The third-order valence-electron chi connectivity index (χ3n) is 3.68. The fourth-order valence-corrected chi connectivity index (χ4v) is 2.58. The summed E-state index contributed by atoms with van der Waals surface area (Å²) in [6.07, 6.45) is 12.4. The van der Waals surface area contributed by atoms with Gasteiger partial charge in [0.25, 0.3) is 0 Å². The van der Waals surface area contributed by atoms with Gasteiger partial charge in [0.15, 0.2) is 0 Å². The zero-order valence-corrected chi connectivity index (χ0v) is 21.3. The average molecular weight is 436 g/mol. The van der Waals surface area contributed by atoms with E-state index in [1.807, 2.05) is 31.4 Å². The van der Waals surface area contributed by atoms with Gasteiger partial charge in [-0.1, -0.05) is 31.0 Å². The Balaban J connectivity index is 0. The van der Waals surface area contributed by atoms with E-state index in [1.165, 1.54) is 19.3 Å². The van der Waals surface area contributed by atoms with E-state index in [2.05, 4.69) is 23.7 Å². The molecular formula is C17H26KNO2SY-. The van der Waals surface area contributed by atoms with Crippen LogP contribution in [0.2, 0.25) is 0 Å². The second-order valence-electron chi connectivity index (χ2n) is 5.39. The van der Waals surface area contributed by atoms with Crippen LogP contribution in [-0.4, -0.2) is 81.7 Å². The minimum atomic E-state index is 0. The van der Waals surface area contributed by atoms with Gasteiger partial charge in [-0.05, 0) is 50.7 Å². The minimum Gasteiger partial charge on any atom is -0.541 e. The van der Waals surface area contributed by atoms with Crippen LogP contribution in [0.25, 0.3) is 0 Å². The second-order valence-corrected chi connectivity index (χ2v) is 5.96. The summed E-state index contributed by atoms with van der Waals surface area (Å²) in [5.41, 5.74) is 0.742. The van der Waals surface area contributed by atoms with E-state index in [9.17, 15) is 4.79 Å². The molecule has 0 spiro atoms. The average Bonchev–Trinajstić information content (AvgIpc) is 2.48. The molecule has 0 aromatic rings. The molecule has 0 bridgehead atoms. The monoisotopic (exact) mass is 436 g/mol. The molecule has 1 saturated heterocycles. The molecule has 1 rings (SSSR count). The SMILES string of the molecule is C=C(/C=C\C(=C/C)OCCCC1CCN(S)CC1)C[C-]=O.[K].[Y]. The molecule has 0 aromatic heterocycles. The summed E-state index contributed by atoms with van der Waals surface area (Å²) in [6, 6.07) is 0. The van der Waals surface area contributed by atoms with Crippen LogP contribution in [0.3, 0.4) is 0 Å². The Bertz CT molecular complexity index is 394. The van der Waals surface area contributed by atoms with Crippen molar-refractivity contribution in [2.45, 2.75) is 39.0 Å². The Hall–Kier alpha value is 1.74. The molecule has 1 heterocycles. The van der Waals surface area contributed by atoms with Crippen molar-refractivity contribution < 1.29 is 42.2 Å². The largest absolute Gasteiger partial charge is 0.541 e. The van der Waals surface area contributed by atoms with Crippen LogP contribution in [0, 0.1) is 5.92 Å². The zero-order chi connectivity index (χ0) is 15.5. The smallest absolute Gasteiger partial charge is 0.115 e. The maximum atomic E-state index is 10.2. The first-order chi connectivity index (χ1) is 10.2. The van der Waals surface area contributed by atoms with Gasteiger partial charge in [0.1, 0.15) is 5.76 Å². The number of rotatable bonds is 9. The number of carbonyl (C=O) groups excluding carboxylic acids is 1. The van der Waals surface area contributed by atoms with E-state index in [0.29, 0.717) is 0 Å². The van der Waals surface area contributed by atoms with Gasteiger partial charge in [0.05, 0.1) is 6.61 Å². The molecule has 6 heteroatoms. The quantitative estimate of drug-likeness (QED) is 0.150. The van der Waals surface area contributed by atoms with E-state index in [0.717, 1.165) is 43.4 Å². The molecule has 0 amide bonds. The van der Waals surface area contributed by atoms with Gasteiger partial charge in [-0.25, -0.2) is 0 Å². The molecule has 0 unspecified atom stereocenters. The molecule has 1 aliphatic rings. The standard InChI is InChI=1S/C17H26NO2S.K.Y/c1-3-17(7-6-15(2)10-13-19)20-14-4-5-16-8-11-18(21)12-9-16;;/h3,6-7,16,21H,2,4-5,8-12,14H2,1H3;;/q-1;;/b7-6-,17-3+;;. The van der Waals surface area contributed by atoms with Crippen molar-refractivity contribution in [3.63, 3.8) is 0 Å². The second kappa shape index (κ2) is 17.2. The van der Waals surface area contributed by atoms with Gasteiger partial charge in [0, 0.05) is 97.2 Å². The van der Waals surface area contributed by atoms with Crippen LogP contribution >= 0.6 is 12.8 Å².